The zero-order chi connectivity index (χ0) is 16.2. The second-order valence-corrected chi connectivity index (χ2v) is 6.32. The van der Waals surface area contributed by atoms with Crippen molar-refractivity contribution in [2.24, 2.45) is 0 Å². The van der Waals surface area contributed by atoms with Crippen molar-refractivity contribution >= 4 is 15.7 Å². The first-order valence-electron chi connectivity index (χ1n) is 5.93. The molecule has 0 aromatic heterocycles. The standard InChI is InChI=1S/C12H15N3O5S/c1-9(6-7-13)14(2)21(18,19)10-4-5-12(20-3)11(8-10)15(16)17/h4-5,8-9H,6H2,1-3H3. The minimum atomic E-state index is -3.92. The first-order chi connectivity index (χ1) is 9.75. The zero-order valence-electron chi connectivity index (χ0n) is 11.8. The Hall–Kier alpha value is -2.18. The van der Waals surface area contributed by atoms with Gasteiger partial charge in [0, 0.05) is 19.2 Å². The number of ether oxygens (including phenoxy) is 1. The molecule has 0 spiro atoms. The molecule has 0 saturated carbocycles. The largest absolute Gasteiger partial charge is 0.490 e. The molecule has 21 heavy (non-hydrogen) atoms. The van der Waals surface area contributed by atoms with Crippen LogP contribution in [0.25, 0.3) is 0 Å². The van der Waals surface area contributed by atoms with Gasteiger partial charge < -0.3 is 4.74 Å². The third-order valence-corrected chi connectivity index (χ3v) is 5.00. The lowest BCUT2D eigenvalue weighted by Crippen LogP contribution is -2.34. The Bertz CT molecular complexity index is 681. The molecule has 0 fully saturated rings. The summed E-state index contributed by atoms with van der Waals surface area (Å²) in [6, 6.07) is 4.76. The molecule has 9 heteroatoms. The molecule has 1 aromatic rings. The predicted molar refractivity (Wildman–Crippen MR) is 74.3 cm³/mol. The van der Waals surface area contributed by atoms with E-state index >= 15 is 0 Å². The van der Waals surface area contributed by atoms with Gasteiger partial charge in [0.15, 0.2) is 5.75 Å². The predicted octanol–water partition coefficient (Wildman–Crippen LogP) is 1.53. The van der Waals surface area contributed by atoms with Crippen molar-refractivity contribution in [1.29, 1.82) is 5.26 Å². The molecule has 0 bridgehead atoms. The van der Waals surface area contributed by atoms with E-state index in [0.717, 1.165) is 10.4 Å². The summed E-state index contributed by atoms with van der Waals surface area (Å²) in [7, 11) is -1.33. The minimum absolute atomic E-state index is 0.0216. The summed E-state index contributed by atoms with van der Waals surface area (Å²) >= 11 is 0. The molecule has 8 nitrogen and oxygen atoms in total. The summed E-state index contributed by atoms with van der Waals surface area (Å²) in [5.41, 5.74) is -0.431. The van der Waals surface area contributed by atoms with E-state index in [1.165, 1.54) is 26.3 Å². The Morgan fingerprint density at radius 3 is 2.62 bits per heavy atom. The molecular weight excluding hydrogens is 298 g/mol. The van der Waals surface area contributed by atoms with Gasteiger partial charge in [-0.1, -0.05) is 0 Å². The van der Waals surface area contributed by atoms with Crippen LogP contribution in [0, 0.1) is 21.4 Å². The van der Waals surface area contributed by atoms with Crippen LogP contribution in [-0.4, -0.2) is 37.8 Å². The van der Waals surface area contributed by atoms with Crippen molar-refractivity contribution in [3.63, 3.8) is 0 Å². The first-order valence-corrected chi connectivity index (χ1v) is 7.37. The fourth-order valence-corrected chi connectivity index (χ4v) is 3.02. The lowest BCUT2D eigenvalue weighted by atomic mass is 10.3. The van der Waals surface area contributed by atoms with E-state index in [9.17, 15) is 18.5 Å². The van der Waals surface area contributed by atoms with Gasteiger partial charge in [-0.15, -0.1) is 0 Å². The fourth-order valence-electron chi connectivity index (χ4n) is 1.64. The number of nitro groups is 1. The highest BCUT2D eigenvalue weighted by molar-refractivity contribution is 7.89. The van der Waals surface area contributed by atoms with Crippen LogP contribution >= 0.6 is 0 Å². The van der Waals surface area contributed by atoms with Crippen LogP contribution in [0.2, 0.25) is 0 Å². The number of nitrogens with zero attached hydrogens (tertiary/aromatic N) is 3. The molecule has 0 radical (unpaired) electrons. The summed E-state index contributed by atoms with van der Waals surface area (Å²) < 4.78 is 30.6. The number of hydrogen-bond donors (Lipinski definition) is 0. The highest BCUT2D eigenvalue weighted by atomic mass is 32.2. The molecule has 0 N–H and O–H groups in total. The number of sulfonamides is 1. The molecule has 0 aliphatic rings. The SMILES string of the molecule is COc1ccc(S(=O)(=O)N(C)C(C)CC#N)cc1[N+](=O)[O-]. The fraction of sp³-hybridized carbons (Fsp3) is 0.417. The average molecular weight is 313 g/mol. The Labute approximate surface area is 122 Å². The lowest BCUT2D eigenvalue weighted by Gasteiger charge is -2.22. The number of hydrogen-bond acceptors (Lipinski definition) is 6. The van der Waals surface area contributed by atoms with Crippen LogP contribution in [0.3, 0.4) is 0 Å². The molecule has 114 valence electrons. The summed E-state index contributed by atoms with van der Waals surface area (Å²) in [6.07, 6.45) is 0.0218. The van der Waals surface area contributed by atoms with E-state index in [0.29, 0.717) is 0 Å². The van der Waals surface area contributed by atoms with Crippen molar-refractivity contribution < 1.29 is 18.1 Å². The van der Waals surface area contributed by atoms with Crippen molar-refractivity contribution in [1.82, 2.24) is 4.31 Å². The second kappa shape index (κ2) is 6.51. The van der Waals surface area contributed by atoms with Gasteiger partial charge in [0.25, 0.3) is 0 Å². The van der Waals surface area contributed by atoms with E-state index in [2.05, 4.69) is 0 Å². The van der Waals surface area contributed by atoms with E-state index in [1.807, 2.05) is 6.07 Å². The van der Waals surface area contributed by atoms with Gasteiger partial charge in [-0.3, -0.25) is 10.1 Å². The van der Waals surface area contributed by atoms with Crippen LogP contribution in [0.4, 0.5) is 5.69 Å². The zero-order valence-corrected chi connectivity index (χ0v) is 12.6. The molecule has 0 heterocycles. The molecule has 1 rings (SSSR count). The number of benzene rings is 1. The van der Waals surface area contributed by atoms with E-state index in [4.69, 9.17) is 10.00 Å². The molecule has 0 aliphatic heterocycles. The summed E-state index contributed by atoms with van der Waals surface area (Å²) in [4.78, 5) is 10.0. The van der Waals surface area contributed by atoms with Crippen LogP contribution < -0.4 is 4.74 Å². The highest BCUT2D eigenvalue weighted by Crippen LogP contribution is 2.30. The number of rotatable bonds is 6. The van der Waals surface area contributed by atoms with Crippen LogP contribution in [0.1, 0.15) is 13.3 Å². The smallest absolute Gasteiger partial charge is 0.312 e. The molecule has 0 amide bonds. The molecule has 1 aromatic carbocycles. The van der Waals surface area contributed by atoms with Crippen molar-refractivity contribution in [2.45, 2.75) is 24.3 Å². The van der Waals surface area contributed by atoms with Crippen molar-refractivity contribution in [2.75, 3.05) is 14.2 Å². The maximum Gasteiger partial charge on any atom is 0.312 e. The van der Waals surface area contributed by atoms with Crippen molar-refractivity contribution in [3.05, 3.63) is 28.3 Å². The molecule has 0 saturated heterocycles. The number of nitriles is 1. The maximum absolute atomic E-state index is 12.4. The van der Waals surface area contributed by atoms with Crippen LogP contribution in [0.5, 0.6) is 5.75 Å². The Balaban J connectivity index is 3.30. The van der Waals surface area contributed by atoms with Gasteiger partial charge >= 0.3 is 5.69 Å². The first kappa shape index (κ1) is 16.9. The summed E-state index contributed by atoms with van der Waals surface area (Å²) in [5, 5.41) is 19.6. The molecule has 0 aliphatic carbocycles. The van der Waals surface area contributed by atoms with Crippen LogP contribution in [0.15, 0.2) is 23.1 Å². The normalized spacial score (nSPS) is 12.7. The topological polar surface area (TPSA) is 114 Å². The quantitative estimate of drug-likeness (QED) is 0.581. The third-order valence-electron chi connectivity index (χ3n) is 3.03. The Morgan fingerprint density at radius 1 is 1.52 bits per heavy atom. The van der Waals surface area contributed by atoms with E-state index in [1.54, 1.807) is 6.92 Å². The van der Waals surface area contributed by atoms with Gasteiger partial charge in [0.2, 0.25) is 10.0 Å². The number of nitro benzene ring substituents is 1. The lowest BCUT2D eigenvalue weighted by molar-refractivity contribution is -0.386. The second-order valence-electron chi connectivity index (χ2n) is 4.32. The van der Waals surface area contributed by atoms with Gasteiger partial charge in [-0.2, -0.15) is 9.57 Å². The van der Waals surface area contributed by atoms with E-state index in [-0.39, 0.29) is 17.1 Å². The van der Waals surface area contributed by atoms with Crippen molar-refractivity contribution in [3.8, 4) is 11.8 Å². The minimum Gasteiger partial charge on any atom is -0.490 e. The van der Waals surface area contributed by atoms with E-state index < -0.39 is 26.7 Å². The van der Waals surface area contributed by atoms with Gasteiger partial charge in [-0.25, -0.2) is 8.42 Å². The van der Waals surface area contributed by atoms with Gasteiger partial charge in [-0.05, 0) is 19.1 Å². The van der Waals surface area contributed by atoms with Crippen LogP contribution in [-0.2, 0) is 10.0 Å². The summed E-state index contributed by atoms with van der Waals surface area (Å²) in [5.74, 6) is -0.0216. The monoisotopic (exact) mass is 313 g/mol. The number of methoxy groups -OCH3 is 1. The van der Waals surface area contributed by atoms with Gasteiger partial charge in [0.1, 0.15) is 0 Å². The Kier molecular flexibility index (Phi) is 5.23. The average Bonchev–Trinajstić information content (AvgIpc) is 2.45. The van der Waals surface area contributed by atoms with Gasteiger partial charge in [0.05, 0.1) is 29.4 Å². The third kappa shape index (κ3) is 3.48. The Morgan fingerprint density at radius 2 is 2.14 bits per heavy atom. The maximum atomic E-state index is 12.4. The summed E-state index contributed by atoms with van der Waals surface area (Å²) in [6.45, 7) is 1.58. The molecule has 1 unspecified atom stereocenters. The molecule has 1 atom stereocenters. The highest BCUT2D eigenvalue weighted by Gasteiger charge is 2.28. The molecular formula is C12H15N3O5S.